The Bertz CT molecular complexity index is 1080. The first-order valence-electron chi connectivity index (χ1n) is 11.4. The fraction of sp³-hybridized carbons (Fsp3) is 0.435. The van der Waals surface area contributed by atoms with Gasteiger partial charge in [0.1, 0.15) is 12.7 Å². The van der Waals surface area contributed by atoms with Crippen molar-refractivity contribution in [2.45, 2.75) is 12.3 Å². The maximum absolute atomic E-state index is 13.1. The van der Waals surface area contributed by atoms with Crippen LogP contribution in [0.1, 0.15) is 9.67 Å². The van der Waals surface area contributed by atoms with Crippen LogP contribution in [0.5, 0.6) is 0 Å². The summed E-state index contributed by atoms with van der Waals surface area (Å²) in [5, 5.41) is 10.7. The van der Waals surface area contributed by atoms with E-state index in [1.165, 1.54) is 9.80 Å². The molecule has 1 unspecified atom stereocenters. The summed E-state index contributed by atoms with van der Waals surface area (Å²) < 4.78 is 16.4. The summed E-state index contributed by atoms with van der Waals surface area (Å²) in [6.07, 6.45) is -2.54. The van der Waals surface area contributed by atoms with Crippen molar-refractivity contribution >= 4 is 52.2 Å². The SMILES string of the molecule is NCCOCC(O)N(C[C@H]1CN(c2ccc(N3CCOCC3=O)cc2)C(=O)O1)C(=O)c1ccc(Cl)s1. The molecule has 4 rings (SSSR count). The highest BCUT2D eigenvalue weighted by atomic mass is 35.5. The van der Waals surface area contributed by atoms with Crippen LogP contribution < -0.4 is 15.5 Å². The van der Waals surface area contributed by atoms with E-state index >= 15 is 0 Å². The van der Waals surface area contributed by atoms with Crippen LogP contribution in [0.15, 0.2) is 36.4 Å². The van der Waals surface area contributed by atoms with E-state index in [9.17, 15) is 19.5 Å². The van der Waals surface area contributed by atoms with Gasteiger partial charge in [-0.25, -0.2) is 4.79 Å². The number of aliphatic hydroxyl groups excluding tert-OH is 1. The van der Waals surface area contributed by atoms with Gasteiger partial charge >= 0.3 is 6.09 Å². The van der Waals surface area contributed by atoms with Gasteiger partial charge < -0.3 is 34.9 Å². The molecule has 0 radical (unpaired) electrons. The van der Waals surface area contributed by atoms with Crippen LogP contribution in [-0.2, 0) is 19.0 Å². The molecule has 0 bridgehead atoms. The fourth-order valence-electron chi connectivity index (χ4n) is 3.92. The molecule has 1 aromatic heterocycles. The first-order chi connectivity index (χ1) is 17.4. The molecule has 3 heterocycles. The van der Waals surface area contributed by atoms with E-state index in [0.717, 1.165) is 11.3 Å². The van der Waals surface area contributed by atoms with Gasteiger partial charge in [0.25, 0.3) is 11.8 Å². The minimum absolute atomic E-state index is 0.0396. The summed E-state index contributed by atoms with van der Waals surface area (Å²) >= 11 is 7.07. The van der Waals surface area contributed by atoms with E-state index in [2.05, 4.69) is 0 Å². The minimum Gasteiger partial charge on any atom is -0.442 e. The van der Waals surface area contributed by atoms with Crippen LogP contribution in [0.2, 0.25) is 4.34 Å². The monoisotopic (exact) mass is 538 g/mol. The molecule has 3 amide bonds. The van der Waals surface area contributed by atoms with E-state index in [1.54, 1.807) is 41.3 Å². The number of aliphatic hydroxyl groups is 1. The van der Waals surface area contributed by atoms with Crippen LogP contribution in [0.3, 0.4) is 0 Å². The normalized spacial score (nSPS) is 18.9. The maximum Gasteiger partial charge on any atom is 0.414 e. The third kappa shape index (κ3) is 6.14. The Morgan fingerprint density at radius 3 is 2.58 bits per heavy atom. The van der Waals surface area contributed by atoms with Gasteiger partial charge in [-0.05, 0) is 36.4 Å². The van der Waals surface area contributed by atoms with Gasteiger partial charge in [0.15, 0.2) is 6.23 Å². The number of nitrogens with two attached hydrogens (primary N) is 1. The lowest BCUT2D eigenvalue weighted by molar-refractivity contribution is -0.125. The first-order valence-corrected chi connectivity index (χ1v) is 12.6. The standard InChI is InChI=1S/C23H27ClN4O7S/c24-19-6-5-18(36-19)22(31)28(21(30)14-33-9-7-25)12-17-11-27(23(32)35-17)16-3-1-15(2-4-16)26-8-10-34-13-20(26)29/h1-6,17,21,30H,7-14,25H2/t17-,21?/m1/s1. The number of hydrogen-bond donors (Lipinski definition) is 2. The zero-order chi connectivity index (χ0) is 25.7. The predicted octanol–water partition coefficient (Wildman–Crippen LogP) is 1.53. The van der Waals surface area contributed by atoms with Crippen molar-refractivity contribution in [3.63, 3.8) is 0 Å². The number of carbonyl (C=O) groups is 3. The van der Waals surface area contributed by atoms with Crippen LogP contribution in [0, 0.1) is 0 Å². The zero-order valence-corrected chi connectivity index (χ0v) is 20.9. The molecular weight excluding hydrogens is 512 g/mol. The number of cyclic esters (lactones) is 1. The summed E-state index contributed by atoms with van der Waals surface area (Å²) in [5.41, 5.74) is 6.73. The third-order valence-electron chi connectivity index (χ3n) is 5.67. The Morgan fingerprint density at radius 1 is 1.22 bits per heavy atom. The molecule has 2 saturated heterocycles. The van der Waals surface area contributed by atoms with E-state index in [1.807, 2.05) is 0 Å². The van der Waals surface area contributed by atoms with E-state index in [-0.39, 0.29) is 45.4 Å². The van der Waals surface area contributed by atoms with Gasteiger partial charge in [-0.15, -0.1) is 11.3 Å². The Labute approximate surface area is 216 Å². The highest BCUT2D eigenvalue weighted by molar-refractivity contribution is 7.17. The highest BCUT2D eigenvalue weighted by Gasteiger charge is 2.36. The van der Waals surface area contributed by atoms with Crippen molar-refractivity contribution in [1.82, 2.24) is 4.90 Å². The van der Waals surface area contributed by atoms with Crippen LogP contribution in [-0.4, -0.2) is 92.9 Å². The number of ether oxygens (including phenoxy) is 3. The molecule has 2 fully saturated rings. The Kier molecular flexibility index (Phi) is 8.77. The molecule has 36 heavy (non-hydrogen) atoms. The molecule has 3 N–H and O–H groups in total. The van der Waals surface area contributed by atoms with Gasteiger partial charge in [0.05, 0.1) is 42.1 Å². The third-order valence-corrected chi connectivity index (χ3v) is 6.89. The van der Waals surface area contributed by atoms with Crippen LogP contribution >= 0.6 is 22.9 Å². The molecule has 0 saturated carbocycles. The predicted molar refractivity (Wildman–Crippen MR) is 133 cm³/mol. The number of morpholine rings is 1. The van der Waals surface area contributed by atoms with E-state index in [0.29, 0.717) is 33.7 Å². The van der Waals surface area contributed by atoms with Gasteiger partial charge in [-0.3, -0.25) is 14.5 Å². The molecular formula is C23H27ClN4O7S. The first kappa shape index (κ1) is 26.3. The molecule has 0 spiro atoms. The lowest BCUT2D eigenvalue weighted by Gasteiger charge is -2.29. The van der Waals surface area contributed by atoms with Crippen LogP contribution in [0.4, 0.5) is 16.2 Å². The zero-order valence-electron chi connectivity index (χ0n) is 19.4. The highest BCUT2D eigenvalue weighted by Crippen LogP contribution is 2.27. The maximum atomic E-state index is 13.1. The van der Waals surface area contributed by atoms with Gasteiger partial charge in [0.2, 0.25) is 0 Å². The van der Waals surface area contributed by atoms with E-state index < -0.39 is 24.3 Å². The second-order valence-corrected chi connectivity index (χ2v) is 9.85. The smallest absolute Gasteiger partial charge is 0.414 e. The minimum atomic E-state index is -1.27. The van der Waals surface area contributed by atoms with E-state index in [4.69, 9.17) is 31.5 Å². The number of nitrogens with zero attached hydrogens (tertiary/aromatic N) is 3. The number of amides is 3. The van der Waals surface area contributed by atoms with Crippen molar-refractivity contribution in [3.05, 3.63) is 45.6 Å². The molecule has 194 valence electrons. The summed E-state index contributed by atoms with van der Waals surface area (Å²) in [5.74, 6) is -0.579. The number of benzene rings is 1. The second-order valence-electron chi connectivity index (χ2n) is 8.14. The lowest BCUT2D eigenvalue weighted by Crippen LogP contribution is -2.47. The molecule has 13 heteroatoms. The number of rotatable bonds is 10. The van der Waals surface area contributed by atoms with Crippen molar-refractivity contribution < 1.29 is 33.7 Å². The molecule has 2 aliphatic rings. The summed E-state index contributed by atoms with van der Waals surface area (Å²) in [7, 11) is 0. The average Bonchev–Trinajstić information content (AvgIpc) is 3.48. The van der Waals surface area contributed by atoms with Crippen molar-refractivity contribution in [1.29, 1.82) is 0 Å². The fourth-order valence-corrected chi connectivity index (χ4v) is 4.92. The number of carbonyl (C=O) groups excluding carboxylic acids is 3. The van der Waals surface area contributed by atoms with Crippen LogP contribution in [0.25, 0.3) is 0 Å². The Hall–Kier alpha value is -2.74. The van der Waals surface area contributed by atoms with Crippen molar-refractivity contribution in [3.8, 4) is 0 Å². The second kappa shape index (κ2) is 12.0. The molecule has 0 aliphatic carbocycles. The molecule has 1 aromatic carbocycles. The largest absolute Gasteiger partial charge is 0.442 e. The van der Waals surface area contributed by atoms with Gasteiger partial charge in [-0.1, -0.05) is 11.6 Å². The number of hydrogen-bond acceptors (Lipinski definition) is 9. The molecule has 11 nitrogen and oxygen atoms in total. The summed E-state index contributed by atoms with van der Waals surface area (Å²) in [6, 6.07) is 10.1. The quantitative estimate of drug-likeness (QED) is 0.343. The molecule has 2 aromatic rings. The lowest BCUT2D eigenvalue weighted by atomic mass is 10.2. The summed E-state index contributed by atoms with van der Waals surface area (Å²) in [6.45, 7) is 1.43. The number of thiophene rings is 1. The summed E-state index contributed by atoms with van der Waals surface area (Å²) in [4.78, 5) is 42.4. The number of anilines is 2. The molecule has 2 atom stereocenters. The topological polar surface area (TPSA) is 135 Å². The number of halogens is 1. The van der Waals surface area contributed by atoms with Gasteiger partial charge in [0, 0.05) is 24.5 Å². The molecule has 2 aliphatic heterocycles. The van der Waals surface area contributed by atoms with Gasteiger partial charge in [-0.2, -0.15) is 0 Å². The van der Waals surface area contributed by atoms with Crippen molar-refractivity contribution in [2.75, 3.05) is 62.4 Å². The Morgan fingerprint density at radius 2 is 1.94 bits per heavy atom. The average molecular weight is 539 g/mol. The Balaban J connectivity index is 1.44. The van der Waals surface area contributed by atoms with Crippen molar-refractivity contribution in [2.24, 2.45) is 5.73 Å².